The Kier molecular flexibility index (Phi) is 5.31. The fraction of sp³-hybridized carbons (Fsp3) is 0.250. The van der Waals surface area contributed by atoms with Gasteiger partial charge in [0.15, 0.2) is 0 Å². The summed E-state index contributed by atoms with van der Waals surface area (Å²) < 4.78 is 12.5. The highest BCUT2D eigenvalue weighted by Crippen LogP contribution is 2.29. The molecule has 0 saturated carbocycles. The summed E-state index contributed by atoms with van der Waals surface area (Å²) in [5, 5.41) is 9.86. The number of methoxy groups -OCH3 is 1. The van der Waals surface area contributed by atoms with Crippen LogP contribution in [-0.4, -0.2) is 38.3 Å². The number of nitrogens with zero attached hydrogens (tertiary/aromatic N) is 5. The van der Waals surface area contributed by atoms with Gasteiger partial charge in [-0.05, 0) is 37.1 Å². The van der Waals surface area contributed by atoms with Gasteiger partial charge in [0.25, 0.3) is 0 Å². The van der Waals surface area contributed by atoms with Crippen molar-refractivity contribution >= 4 is 28.5 Å². The zero-order chi connectivity index (χ0) is 19.5. The maximum Gasteiger partial charge on any atom is 0.0923 e. The lowest BCUT2D eigenvalue weighted by Gasteiger charge is -2.10. The molecule has 0 amide bonds. The molecule has 0 fully saturated rings. The molecule has 144 valence electrons. The van der Waals surface area contributed by atoms with Gasteiger partial charge in [-0.3, -0.25) is 14.3 Å². The number of nitrogens with one attached hydrogen (secondary N) is 1. The molecule has 0 unspecified atom stereocenters. The van der Waals surface area contributed by atoms with Crippen LogP contribution in [0.25, 0.3) is 22.2 Å². The molecule has 28 heavy (non-hydrogen) atoms. The number of ether oxygens (including phenoxy) is 1. The van der Waals surface area contributed by atoms with Crippen molar-refractivity contribution in [2.45, 2.75) is 18.4 Å². The summed E-state index contributed by atoms with van der Waals surface area (Å²) >= 11 is 1.53. The summed E-state index contributed by atoms with van der Waals surface area (Å²) in [6.07, 6.45) is 5.61. The summed E-state index contributed by atoms with van der Waals surface area (Å²) in [7, 11) is 3.63. The van der Waals surface area contributed by atoms with Gasteiger partial charge in [-0.2, -0.15) is 10.2 Å². The van der Waals surface area contributed by atoms with E-state index in [-0.39, 0.29) is 0 Å². The highest BCUT2D eigenvalue weighted by atomic mass is 32.2. The zero-order valence-electron chi connectivity index (χ0n) is 16.1. The van der Waals surface area contributed by atoms with E-state index in [1.165, 1.54) is 11.9 Å². The van der Waals surface area contributed by atoms with Crippen molar-refractivity contribution in [3.63, 3.8) is 0 Å². The smallest absolute Gasteiger partial charge is 0.0923 e. The molecule has 0 bridgehead atoms. The lowest BCUT2D eigenvalue weighted by atomic mass is 10.2. The topological polar surface area (TPSA) is 69.8 Å². The number of aromatic nitrogens is 5. The molecule has 0 aliphatic rings. The highest BCUT2D eigenvalue weighted by molar-refractivity contribution is 8.00. The highest BCUT2D eigenvalue weighted by Gasteiger charge is 2.10. The summed E-state index contributed by atoms with van der Waals surface area (Å²) in [5.41, 5.74) is 5.17. The number of hydrogen-bond donors (Lipinski definition) is 1. The van der Waals surface area contributed by atoms with Crippen molar-refractivity contribution in [1.29, 1.82) is 0 Å². The molecule has 0 aliphatic heterocycles. The van der Waals surface area contributed by atoms with Crippen LogP contribution >= 0.6 is 11.9 Å². The van der Waals surface area contributed by atoms with Crippen LogP contribution in [0, 0.1) is 6.92 Å². The van der Waals surface area contributed by atoms with E-state index >= 15 is 0 Å². The Morgan fingerprint density at radius 3 is 2.71 bits per heavy atom. The maximum atomic E-state index is 5.19. The summed E-state index contributed by atoms with van der Waals surface area (Å²) in [4.78, 5) is 5.63. The number of hydrogen-bond acceptors (Lipinski definition) is 6. The SMILES string of the molecule is COCCn1ncc2cccc(NSc3ccc(-c4cnn(C)c4C)nc3)c21. The van der Waals surface area contributed by atoms with E-state index in [1.807, 2.05) is 54.1 Å². The van der Waals surface area contributed by atoms with Gasteiger partial charge in [0.1, 0.15) is 0 Å². The van der Waals surface area contributed by atoms with Crippen LogP contribution in [0.2, 0.25) is 0 Å². The largest absolute Gasteiger partial charge is 0.383 e. The minimum absolute atomic E-state index is 0.622. The Hall–Kier alpha value is -2.84. The first kappa shape index (κ1) is 18.5. The quantitative estimate of drug-likeness (QED) is 0.479. The van der Waals surface area contributed by atoms with Gasteiger partial charge in [-0.15, -0.1) is 0 Å². The van der Waals surface area contributed by atoms with Crippen molar-refractivity contribution in [2.24, 2.45) is 7.05 Å². The molecule has 0 atom stereocenters. The molecule has 3 heterocycles. The Morgan fingerprint density at radius 1 is 1.11 bits per heavy atom. The number of aryl methyl sites for hydroxylation is 1. The molecule has 1 N–H and O–H groups in total. The molecule has 0 aliphatic carbocycles. The van der Waals surface area contributed by atoms with Gasteiger partial charge in [-0.1, -0.05) is 12.1 Å². The Bertz CT molecular complexity index is 1090. The van der Waals surface area contributed by atoms with Gasteiger partial charge in [0.2, 0.25) is 0 Å². The number of fused-ring (bicyclic) bond motifs is 1. The van der Waals surface area contributed by atoms with Crippen LogP contribution in [0.3, 0.4) is 0 Å². The summed E-state index contributed by atoms with van der Waals surface area (Å²) in [5.74, 6) is 0. The zero-order valence-corrected chi connectivity index (χ0v) is 16.9. The van der Waals surface area contributed by atoms with E-state index in [9.17, 15) is 0 Å². The number of para-hydroxylation sites is 1. The van der Waals surface area contributed by atoms with Gasteiger partial charge in [0.05, 0.1) is 42.4 Å². The third kappa shape index (κ3) is 3.61. The van der Waals surface area contributed by atoms with Gasteiger partial charge in [-0.25, -0.2) is 0 Å². The standard InChI is InChI=1S/C20H22N6OS/c1-14-17(13-22-25(14)2)18-8-7-16(12-21-18)28-24-19-6-4-5-15-11-23-26(20(15)19)9-10-27-3/h4-8,11-13,24H,9-10H2,1-3H3. The molecular weight excluding hydrogens is 372 g/mol. The molecule has 7 nitrogen and oxygen atoms in total. The number of anilines is 1. The molecule has 3 aromatic heterocycles. The van der Waals surface area contributed by atoms with Crippen molar-refractivity contribution in [3.8, 4) is 11.3 Å². The van der Waals surface area contributed by atoms with Crippen LogP contribution in [0.15, 0.2) is 53.8 Å². The van der Waals surface area contributed by atoms with Crippen molar-refractivity contribution in [1.82, 2.24) is 24.5 Å². The predicted molar refractivity (Wildman–Crippen MR) is 112 cm³/mol. The minimum atomic E-state index is 0.622. The van der Waals surface area contributed by atoms with E-state index in [0.717, 1.165) is 38.4 Å². The summed E-state index contributed by atoms with van der Waals surface area (Å²) in [6.45, 7) is 3.38. The average Bonchev–Trinajstić information content (AvgIpc) is 3.29. The fourth-order valence-electron chi connectivity index (χ4n) is 3.04. The normalized spacial score (nSPS) is 11.2. The van der Waals surface area contributed by atoms with Crippen LogP contribution in [0.4, 0.5) is 5.69 Å². The first-order valence-corrected chi connectivity index (χ1v) is 9.80. The minimum Gasteiger partial charge on any atom is -0.383 e. The van der Waals surface area contributed by atoms with E-state index in [4.69, 9.17) is 4.74 Å². The number of rotatable bonds is 7. The van der Waals surface area contributed by atoms with Crippen LogP contribution in [0.5, 0.6) is 0 Å². The monoisotopic (exact) mass is 394 g/mol. The van der Waals surface area contributed by atoms with Crippen molar-refractivity contribution in [2.75, 3.05) is 18.4 Å². The predicted octanol–water partition coefficient (Wildman–Crippen LogP) is 3.91. The van der Waals surface area contributed by atoms with Crippen LogP contribution in [-0.2, 0) is 18.3 Å². The average molecular weight is 395 g/mol. The van der Waals surface area contributed by atoms with Gasteiger partial charge < -0.3 is 9.46 Å². The van der Waals surface area contributed by atoms with Crippen LogP contribution in [0.1, 0.15) is 5.69 Å². The molecule has 4 aromatic rings. The number of pyridine rings is 1. The Morgan fingerprint density at radius 2 is 2.00 bits per heavy atom. The van der Waals surface area contributed by atoms with Crippen LogP contribution < -0.4 is 4.72 Å². The van der Waals surface area contributed by atoms with Crippen molar-refractivity contribution < 1.29 is 4.74 Å². The number of benzene rings is 1. The van der Waals surface area contributed by atoms with E-state index in [0.29, 0.717) is 13.2 Å². The summed E-state index contributed by atoms with van der Waals surface area (Å²) in [6, 6.07) is 10.2. The second-order valence-corrected chi connectivity index (χ2v) is 7.33. The van der Waals surface area contributed by atoms with E-state index in [2.05, 4.69) is 38.1 Å². The molecule has 0 saturated heterocycles. The molecule has 1 aromatic carbocycles. The molecular formula is C20H22N6OS. The first-order valence-electron chi connectivity index (χ1n) is 8.98. The lowest BCUT2D eigenvalue weighted by molar-refractivity contribution is 0.185. The maximum absolute atomic E-state index is 5.19. The first-order chi connectivity index (χ1) is 13.7. The van der Waals surface area contributed by atoms with E-state index < -0.39 is 0 Å². The lowest BCUT2D eigenvalue weighted by Crippen LogP contribution is -2.06. The molecule has 4 rings (SSSR count). The fourth-order valence-corrected chi connectivity index (χ4v) is 3.67. The Balaban J connectivity index is 1.51. The Labute approximate surface area is 167 Å². The molecule has 0 spiro atoms. The second kappa shape index (κ2) is 8.04. The van der Waals surface area contributed by atoms with Gasteiger partial charge >= 0.3 is 0 Å². The third-order valence-electron chi connectivity index (χ3n) is 4.70. The third-order valence-corrected chi connectivity index (χ3v) is 5.49. The van der Waals surface area contributed by atoms with Crippen molar-refractivity contribution in [3.05, 3.63) is 54.6 Å². The second-order valence-electron chi connectivity index (χ2n) is 6.45. The van der Waals surface area contributed by atoms with E-state index in [1.54, 1.807) is 7.11 Å². The van der Waals surface area contributed by atoms with Gasteiger partial charge in [0, 0.05) is 41.9 Å². The molecule has 0 radical (unpaired) electrons. The molecule has 8 heteroatoms.